The first-order valence-corrected chi connectivity index (χ1v) is 30.5. The fourth-order valence-corrected chi connectivity index (χ4v) is 12.1. The molecular weight excluding hydrogens is 958 g/mol. The van der Waals surface area contributed by atoms with Crippen LogP contribution in [-0.2, 0) is 27.3 Å². The van der Waals surface area contributed by atoms with E-state index in [0.717, 1.165) is 154 Å². The Morgan fingerprint density at radius 1 is 0.328 bits per heavy atom. The minimum absolute atomic E-state index is 0. The molecule has 0 bridgehead atoms. The van der Waals surface area contributed by atoms with Gasteiger partial charge in [0.05, 0.1) is 19.8 Å². The average Bonchev–Trinajstić information content (AvgIpc) is 3.23. The summed E-state index contributed by atoms with van der Waals surface area (Å²) in [4.78, 5) is 36.2. The van der Waals surface area contributed by atoms with E-state index in [9.17, 15) is 28.4 Å². The van der Waals surface area contributed by atoms with E-state index < -0.39 is 22.8 Å². The fourth-order valence-electron chi connectivity index (χ4n) is 7.21. The number of hydrogen-bond donors (Lipinski definition) is 0. The molecule has 0 fully saturated rings. The predicted molar refractivity (Wildman–Crippen MR) is 255 cm³/mol. The van der Waals surface area contributed by atoms with Crippen molar-refractivity contribution in [3.8, 4) is 0 Å². The van der Waals surface area contributed by atoms with E-state index >= 15 is 0 Å². The second-order valence-corrected chi connectivity index (χ2v) is 23.3. The first kappa shape index (κ1) is 69.4. The van der Waals surface area contributed by atoms with Crippen molar-refractivity contribution in [2.24, 2.45) is 35.5 Å². The molecule has 0 rings (SSSR count). The monoisotopic (exact) mass is 1060 g/mol. The molecule has 0 aromatic rings. The van der Waals surface area contributed by atoms with Crippen LogP contribution in [0.4, 0.5) is 0 Å². The van der Waals surface area contributed by atoms with Gasteiger partial charge in [0.25, 0.3) is 0 Å². The van der Waals surface area contributed by atoms with Crippen molar-refractivity contribution in [1.29, 1.82) is 0 Å². The van der Waals surface area contributed by atoms with Crippen LogP contribution in [-0.4, -0.2) is 38.3 Å². The molecule has 0 aliphatic carbocycles. The second-order valence-electron chi connectivity index (χ2n) is 17.8. The Labute approximate surface area is 413 Å². The first-order chi connectivity index (χ1) is 28.5. The van der Waals surface area contributed by atoms with Crippen LogP contribution in [0.1, 0.15) is 237 Å². The third-order valence-corrected chi connectivity index (χ3v) is 16.7. The third-order valence-electron chi connectivity index (χ3n) is 12.2. The van der Waals surface area contributed by atoms with Gasteiger partial charge in [-0.2, -0.15) is 0 Å². The van der Waals surface area contributed by atoms with E-state index in [1.165, 1.54) is 0 Å². The molecule has 13 heteroatoms. The Kier molecular flexibility index (Phi) is 51.8. The molecule has 0 aromatic carbocycles. The summed E-state index contributed by atoms with van der Waals surface area (Å²) < 4.78 is 52.1. The number of hydrogen-bond acceptors (Lipinski definition) is 9. The van der Waals surface area contributed by atoms with Crippen molar-refractivity contribution < 1.29 is 82.8 Å². The first-order valence-electron chi connectivity index (χ1n) is 25.3. The van der Waals surface area contributed by atoms with Gasteiger partial charge in [0.1, 0.15) is 22.8 Å². The second kappa shape index (κ2) is 45.6. The van der Waals surface area contributed by atoms with Crippen LogP contribution >= 0.6 is 22.8 Å². The third kappa shape index (κ3) is 44.1. The van der Waals surface area contributed by atoms with Crippen LogP contribution in [0.15, 0.2) is 0 Å². The molecule has 9 nitrogen and oxygen atoms in total. The predicted octanol–water partition coefficient (Wildman–Crippen LogP) is 15.0. The van der Waals surface area contributed by atoms with Gasteiger partial charge in [-0.05, 0) is 74.0 Å². The Morgan fingerprint density at radius 3 is 0.639 bits per heavy atom. The molecule has 0 aliphatic rings. The quantitative estimate of drug-likeness (QED) is 0.0549. The summed E-state index contributed by atoms with van der Waals surface area (Å²) >= 11 is 0. The Morgan fingerprint density at radius 2 is 0.492 bits per heavy atom. The minimum atomic E-state index is -3.65. The van der Waals surface area contributed by atoms with Crippen LogP contribution < -0.4 is 14.7 Å². The molecule has 367 valence electrons. The van der Waals surface area contributed by atoms with Crippen molar-refractivity contribution in [3.63, 3.8) is 0 Å². The van der Waals surface area contributed by atoms with Crippen LogP contribution in [0.2, 0.25) is 0 Å². The molecule has 1 radical (unpaired) electrons. The Balaban J connectivity index is -0.000000396. The normalized spacial score (nSPS) is 17.4. The maximum absolute atomic E-state index is 12.1. The Bertz CT molecular complexity index is 941. The van der Waals surface area contributed by atoms with Crippen LogP contribution in [0, 0.1) is 76.3 Å². The van der Waals surface area contributed by atoms with E-state index in [-0.39, 0.29) is 77.1 Å². The summed E-state index contributed by atoms with van der Waals surface area (Å²) in [5, 5.41) is 0. The molecule has 0 spiro atoms. The molecule has 0 aromatic heterocycles. The summed E-state index contributed by atoms with van der Waals surface area (Å²) in [5.41, 5.74) is 0. The van der Waals surface area contributed by atoms with Gasteiger partial charge < -0.3 is 41.9 Å². The van der Waals surface area contributed by atoms with E-state index in [1.54, 1.807) is 0 Å². The van der Waals surface area contributed by atoms with E-state index in [4.69, 9.17) is 13.6 Å². The molecule has 61 heavy (non-hydrogen) atoms. The van der Waals surface area contributed by atoms with Gasteiger partial charge in [-0.25, -0.2) is 0 Å². The maximum atomic E-state index is 12.1. The number of rotatable bonds is 39. The van der Waals surface area contributed by atoms with Gasteiger partial charge in [0.15, 0.2) is 0 Å². The van der Waals surface area contributed by atoms with Crippen molar-refractivity contribution in [1.82, 2.24) is 0 Å². The fraction of sp³-hybridized carbons (Fsp3) is 1.00. The summed E-state index contributed by atoms with van der Waals surface area (Å²) in [7, 11) is -11.0. The molecule has 0 amide bonds. The zero-order valence-corrected chi connectivity index (χ0v) is 48.1. The summed E-state index contributed by atoms with van der Waals surface area (Å²) in [6.07, 6.45) is 26.2. The van der Waals surface area contributed by atoms with Crippen molar-refractivity contribution in [2.45, 2.75) is 237 Å². The average molecular weight is 1060 g/mol. The summed E-state index contributed by atoms with van der Waals surface area (Å²) in [6, 6.07) is 0. The molecule has 9 unspecified atom stereocenters. The van der Waals surface area contributed by atoms with Gasteiger partial charge in [-0.15, -0.1) is 0 Å². The van der Waals surface area contributed by atoms with Crippen LogP contribution in [0.3, 0.4) is 0 Å². The zero-order chi connectivity index (χ0) is 46.3. The SMILES string of the molecule is CCCCC(CC)COP(=O)([O-])CC(CC)CCCC.CCCCC(CC)COP(=O)([O-])CC(CC)CCCC.CCCCC(CC)COP(=O)([O-])CC(CC)CCCC.[Nd+3]. The van der Waals surface area contributed by atoms with E-state index in [0.29, 0.717) is 37.6 Å². The zero-order valence-electron chi connectivity index (χ0n) is 42.2. The van der Waals surface area contributed by atoms with Gasteiger partial charge in [0, 0.05) is 18.5 Å². The molecule has 0 N–H and O–H groups in total. The van der Waals surface area contributed by atoms with Crippen LogP contribution in [0.5, 0.6) is 0 Å². The van der Waals surface area contributed by atoms with Gasteiger partial charge >= 0.3 is 40.8 Å². The summed E-state index contributed by atoms with van der Waals surface area (Å²) in [5.74, 6) is 1.92. The topological polar surface area (TPSA) is 148 Å². The molecular formula is C48H102NdO9P3. The summed E-state index contributed by atoms with van der Waals surface area (Å²) in [6.45, 7) is 26.5. The van der Waals surface area contributed by atoms with Crippen molar-refractivity contribution in [3.05, 3.63) is 0 Å². The van der Waals surface area contributed by atoms with Gasteiger partial charge in [-0.3, -0.25) is 0 Å². The largest absolute Gasteiger partial charge is 3.00 e. The Hall–Kier alpha value is 1.80. The van der Waals surface area contributed by atoms with E-state index in [2.05, 4.69) is 83.1 Å². The molecule has 9 atom stereocenters. The van der Waals surface area contributed by atoms with E-state index in [1.807, 2.05) is 0 Å². The van der Waals surface area contributed by atoms with Gasteiger partial charge in [0.2, 0.25) is 0 Å². The smallest absolute Gasteiger partial charge is 0.778 e. The number of unbranched alkanes of at least 4 members (excludes halogenated alkanes) is 6. The molecule has 0 heterocycles. The molecule has 0 saturated heterocycles. The van der Waals surface area contributed by atoms with Gasteiger partial charge in [-0.1, -0.05) is 199 Å². The van der Waals surface area contributed by atoms with Crippen LogP contribution in [0.25, 0.3) is 0 Å². The minimum Gasteiger partial charge on any atom is -0.778 e. The van der Waals surface area contributed by atoms with Crippen molar-refractivity contribution in [2.75, 3.05) is 38.3 Å². The molecule has 0 saturated carbocycles. The van der Waals surface area contributed by atoms with Crippen molar-refractivity contribution >= 4 is 22.8 Å². The molecule has 0 aliphatic heterocycles. The maximum Gasteiger partial charge on any atom is 3.00 e. The standard InChI is InChI=1S/3C16H35O3P.Nd/c3*1-5-9-11-15(7-3)13-19-20(17,18)14-16(8-4)12-10-6-2;/h3*15-16H,5-14H2,1-4H3,(H,17,18);/q;;;+3/p-3.